The van der Waals surface area contributed by atoms with Gasteiger partial charge in [0.15, 0.2) is 0 Å². The van der Waals surface area contributed by atoms with E-state index < -0.39 is 30.4 Å². The van der Waals surface area contributed by atoms with Crippen molar-refractivity contribution in [3.05, 3.63) is 0 Å². The Hall–Kier alpha value is -0.230. The zero-order valence-corrected chi connectivity index (χ0v) is 6.47. The Balaban J connectivity index is 2.63. The Labute approximate surface area is 69.3 Å². The third-order valence-electron chi connectivity index (χ3n) is 2.32. The summed E-state index contributed by atoms with van der Waals surface area (Å²) in [6, 6.07) is 0. The highest BCUT2D eigenvalue weighted by atomic mass is 19.1. The predicted octanol–water partition coefficient (Wildman–Crippen LogP) is -1.58. The van der Waals surface area contributed by atoms with Gasteiger partial charge in [-0.2, -0.15) is 0 Å². The van der Waals surface area contributed by atoms with E-state index in [-0.39, 0.29) is 13.0 Å². The van der Waals surface area contributed by atoms with E-state index in [0.717, 1.165) is 0 Å². The maximum Gasteiger partial charge on any atom is 0.129 e. The van der Waals surface area contributed by atoms with Crippen LogP contribution in [0.15, 0.2) is 0 Å². The summed E-state index contributed by atoms with van der Waals surface area (Å²) in [5.41, 5.74) is 0. The van der Waals surface area contributed by atoms with Crippen LogP contribution in [0.25, 0.3) is 0 Å². The van der Waals surface area contributed by atoms with Crippen molar-refractivity contribution in [2.24, 2.45) is 5.92 Å². The van der Waals surface area contributed by atoms with Crippen LogP contribution in [0.5, 0.6) is 0 Å². The van der Waals surface area contributed by atoms with E-state index >= 15 is 0 Å². The van der Waals surface area contributed by atoms with Crippen molar-refractivity contribution in [2.75, 3.05) is 6.61 Å². The second-order valence-electron chi connectivity index (χ2n) is 3.17. The molecule has 0 aliphatic heterocycles. The van der Waals surface area contributed by atoms with E-state index in [1.165, 1.54) is 0 Å². The molecule has 0 saturated heterocycles. The molecule has 0 aromatic heterocycles. The molecule has 0 aromatic rings. The minimum absolute atomic E-state index is 0.115. The van der Waals surface area contributed by atoms with E-state index in [2.05, 4.69) is 0 Å². The maximum absolute atomic E-state index is 12.8. The van der Waals surface area contributed by atoms with E-state index in [9.17, 15) is 9.50 Å². The largest absolute Gasteiger partial charge is 0.396 e. The molecule has 0 amide bonds. The first-order valence-electron chi connectivity index (χ1n) is 3.87. The molecular weight excluding hydrogens is 167 g/mol. The summed E-state index contributed by atoms with van der Waals surface area (Å²) in [6.07, 6.45) is -5.96. The topological polar surface area (TPSA) is 80.9 Å². The van der Waals surface area contributed by atoms with Crippen LogP contribution in [0.2, 0.25) is 0 Å². The molecule has 4 nitrogen and oxygen atoms in total. The Morgan fingerprint density at radius 2 is 1.67 bits per heavy atom. The molecule has 1 fully saturated rings. The Bertz CT molecular complexity index is 150. The highest BCUT2D eigenvalue weighted by Crippen LogP contribution is 2.27. The van der Waals surface area contributed by atoms with Crippen molar-refractivity contribution < 1.29 is 24.8 Å². The lowest BCUT2D eigenvalue weighted by Gasteiger charge is -2.36. The van der Waals surface area contributed by atoms with Crippen LogP contribution >= 0.6 is 0 Å². The Morgan fingerprint density at radius 1 is 1.08 bits per heavy atom. The van der Waals surface area contributed by atoms with E-state index in [4.69, 9.17) is 15.3 Å². The number of hydrogen-bond acceptors (Lipinski definition) is 4. The van der Waals surface area contributed by atoms with Gasteiger partial charge < -0.3 is 20.4 Å². The third-order valence-corrected chi connectivity index (χ3v) is 2.32. The fraction of sp³-hybridized carbons (Fsp3) is 1.00. The van der Waals surface area contributed by atoms with Gasteiger partial charge in [-0.05, 0) is 6.42 Å². The smallest absolute Gasteiger partial charge is 0.129 e. The van der Waals surface area contributed by atoms with Crippen molar-refractivity contribution in [3.8, 4) is 0 Å². The van der Waals surface area contributed by atoms with Crippen molar-refractivity contribution in [2.45, 2.75) is 30.9 Å². The first-order chi connectivity index (χ1) is 5.57. The molecule has 4 N–H and O–H groups in total. The summed E-state index contributed by atoms with van der Waals surface area (Å²) in [6.45, 7) is -0.384. The van der Waals surface area contributed by atoms with E-state index in [0.29, 0.717) is 0 Å². The number of rotatable bonds is 1. The van der Waals surface area contributed by atoms with Crippen LogP contribution in [0.1, 0.15) is 6.42 Å². The molecule has 5 unspecified atom stereocenters. The molecule has 1 aliphatic carbocycles. The molecule has 0 radical (unpaired) electrons. The lowest BCUT2D eigenvalue weighted by atomic mass is 9.82. The third kappa shape index (κ3) is 1.59. The van der Waals surface area contributed by atoms with Gasteiger partial charge in [-0.15, -0.1) is 0 Å². The zero-order chi connectivity index (χ0) is 9.30. The van der Waals surface area contributed by atoms with Crippen LogP contribution in [0.4, 0.5) is 4.39 Å². The molecule has 0 heterocycles. The molecule has 1 rings (SSSR count). The van der Waals surface area contributed by atoms with E-state index in [1.54, 1.807) is 0 Å². The van der Waals surface area contributed by atoms with Crippen LogP contribution in [0, 0.1) is 5.92 Å². The second-order valence-corrected chi connectivity index (χ2v) is 3.17. The van der Waals surface area contributed by atoms with Crippen LogP contribution in [-0.4, -0.2) is 51.5 Å². The fourth-order valence-electron chi connectivity index (χ4n) is 1.45. The number of aliphatic hydroxyl groups is 4. The molecule has 1 saturated carbocycles. The number of halogens is 1. The van der Waals surface area contributed by atoms with Crippen molar-refractivity contribution in [1.29, 1.82) is 0 Å². The molecule has 72 valence electrons. The fourth-order valence-corrected chi connectivity index (χ4v) is 1.45. The average Bonchev–Trinajstić information content (AvgIpc) is 2.08. The van der Waals surface area contributed by atoms with Gasteiger partial charge in [-0.1, -0.05) is 0 Å². The van der Waals surface area contributed by atoms with Gasteiger partial charge in [-0.25, -0.2) is 4.39 Å². The predicted molar refractivity (Wildman–Crippen MR) is 38.1 cm³/mol. The monoisotopic (exact) mass is 180 g/mol. The van der Waals surface area contributed by atoms with Gasteiger partial charge in [0.25, 0.3) is 0 Å². The first kappa shape index (κ1) is 9.85. The number of alkyl halides is 1. The number of aliphatic hydroxyl groups excluding tert-OH is 4. The van der Waals surface area contributed by atoms with Crippen molar-refractivity contribution in [1.82, 2.24) is 0 Å². The SMILES string of the molecule is OCC1CC(F)C(O)C(O)C1O. The second kappa shape index (κ2) is 3.66. The Kier molecular flexibility index (Phi) is 3.00. The molecule has 12 heavy (non-hydrogen) atoms. The zero-order valence-electron chi connectivity index (χ0n) is 6.47. The van der Waals surface area contributed by atoms with Gasteiger partial charge in [-0.3, -0.25) is 0 Å². The van der Waals surface area contributed by atoms with E-state index in [1.807, 2.05) is 0 Å². The maximum atomic E-state index is 12.8. The summed E-state index contributed by atoms with van der Waals surface area (Å²) in [5, 5.41) is 35.9. The van der Waals surface area contributed by atoms with Gasteiger partial charge in [0.1, 0.15) is 18.4 Å². The summed E-state index contributed by atoms with van der Waals surface area (Å²) in [4.78, 5) is 0. The summed E-state index contributed by atoms with van der Waals surface area (Å²) >= 11 is 0. The summed E-state index contributed by atoms with van der Waals surface area (Å²) in [7, 11) is 0. The molecule has 0 aromatic carbocycles. The molecule has 0 bridgehead atoms. The standard InChI is InChI=1S/C7H13FO4/c8-4-1-3(2-9)5(10)7(12)6(4)11/h3-7,9-12H,1-2H2. The number of hydrogen-bond donors (Lipinski definition) is 4. The minimum atomic E-state index is -1.57. The molecule has 5 heteroatoms. The van der Waals surface area contributed by atoms with Gasteiger partial charge in [0.05, 0.1) is 6.10 Å². The minimum Gasteiger partial charge on any atom is -0.396 e. The summed E-state index contributed by atoms with van der Waals surface area (Å²) < 4.78 is 12.8. The molecule has 5 atom stereocenters. The Morgan fingerprint density at radius 3 is 2.17 bits per heavy atom. The highest BCUT2D eigenvalue weighted by Gasteiger charge is 2.42. The lowest BCUT2D eigenvalue weighted by Crippen LogP contribution is -2.53. The molecular formula is C7H13FO4. The van der Waals surface area contributed by atoms with Crippen molar-refractivity contribution in [3.63, 3.8) is 0 Å². The first-order valence-corrected chi connectivity index (χ1v) is 3.87. The van der Waals surface area contributed by atoms with Gasteiger partial charge in [0, 0.05) is 12.5 Å². The van der Waals surface area contributed by atoms with Gasteiger partial charge in [0.2, 0.25) is 0 Å². The normalized spacial score (nSPS) is 49.2. The summed E-state index contributed by atoms with van der Waals surface area (Å²) in [5.74, 6) is -0.682. The molecule has 1 aliphatic rings. The quantitative estimate of drug-likeness (QED) is 0.392. The van der Waals surface area contributed by atoms with Crippen molar-refractivity contribution >= 4 is 0 Å². The lowest BCUT2D eigenvalue weighted by molar-refractivity contribution is -0.146. The van der Waals surface area contributed by atoms with Gasteiger partial charge >= 0.3 is 0 Å². The van der Waals surface area contributed by atoms with Crippen LogP contribution in [-0.2, 0) is 0 Å². The average molecular weight is 180 g/mol. The van der Waals surface area contributed by atoms with Crippen LogP contribution < -0.4 is 0 Å². The molecule has 0 spiro atoms. The highest BCUT2D eigenvalue weighted by molar-refractivity contribution is 4.92. The van der Waals surface area contributed by atoms with Crippen LogP contribution in [0.3, 0.4) is 0 Å².